The maximum Gasteiger partial charge on any atom is 0.272 e. The van der Waals surface area contributed by atoms with E-state index in [1.165, 1.54) is 6.07 Å². The highest BCUT2D eigenvalue weighted by atomic mass is 19.1. The van der Waals surface area contributed by atoms with Crippen LogP contribution in [0.25, 0.3) is 0 Å². The summed E-state index contributed by atoms with van der Waals surface area (Å²) in [7, 11) is 0. The lowest BCUT2D eigenvalue weighted by Crippen LogP contribution is -1.93. The predicted octanol–water partition coefficient (Wildman–Crippen LogP) is 3.48. The number of aldehydes is 1. The first-order valence-electron chi connectivity index (χ1n) is 5.37. The van der Waals surface area contributed by atoms with Crippen molar-refractivity contribution in [3.63, 3.8) is 0 Å². The molecule has 0 saturated heterocycles. The Morgan fingerprint density at radius 1 is 1.15 bits per heavy atom. The van der Waals surface area contributed by atoms with Gasteiger partial charge in [-0.25, -0.2) is 8.78 Å². The van der Waals surface area contributed by atoms with Crippen molar-refractivity contribution in [3.05, 3.63) is 63.7 Å². The number of benzene rings is 2. The van der Waals surface area contributed by atoms with Crippen LogP contribution in [0.2, 0.25) is 0 Å². The topological polar surface area (TPSA) is 69.4 Å². The summed E-state index contributed by atoms with van der Waals surface area (Å²) in [6.07, 6.45) is 0.419. The zero-order valence-electron chi connectivity index (χ0n) is 9.88. The molecule has 0 fully saturated rings. The van der Waals surface area contributed by atoms with Gasteiger partial charge in [0.25, 0.3) is 5.69 Å². The molecular formula is C13H7F2NO4. The van der Waals surface area contributed by atoms with Crippen LogP contribution in [0.15, 0.2) is 36.4 Å². The first-order chi connectivity index (χ1) is 9.49. The average molecular weight is 279 g/mol. The van der Waals surface area contributed by atoms with E-state index in [1.807, 2.05) is 0 Å². The van der Waals surface area contributed by atoms with Crippen molar-refractivity contribution < 1.29 is 23.2 Å². The Kier molecular flexibility index (Phi) is 3.69. The van der Waals surface area contributed by atoms with Crippen LogP contribution >= 0.6 is 0 Å². The fraction of sp³-hybridized carbons (Fsp3) is 0. The Balaban J connectivity index is 2.32. The largest absolute Gasteiger partial charge is 0.454 e. The highest BCUT2D eigenvalue weighted by molar-refractivity contribution is 5.75. The number of hydrogen-bond donors (Lipinski definition) is 0. The van der Waals surface area contributed by atoms with Gasteiger partial charge in [0.1, 0.15) is 17.9 Å². The van der Waals surface area contributed by atoms with Gasteiger partial charge in [-0.15, -0.1) is 0 Å². The molecule has 2 rings (SSSR count). The molecule has 2 aromatic carbocycles. The second-order valence-electron chi connectivity index (χ2n) is 3.81. The Labute approximate surface area is 111 Å². The molecule has 0 amide bonds. The maximum atomic E-state index is 13.6. The molecule has 102 valence electrons. The van der Waals surface area contributed by atoms with Gasteiger partial charge in [0.2, 0.25) is 0 Å². The van der Waals surface area contributed by atoms with E-state index in [9.17, 15) is 23.7 Å². The normalized spacial score (nSPS) is 10.1. The van der Waals surface area contributed by atoms with E-state index in [1.54, 1.807) is 0 Å². The lowest BCUT2D eigenvalue weighted by atomic mass is 10.2. The number of ether oxygens (including phenoxy) is 1. The van der Waals surface area contributed by atoms with Crippen molar-refractivity contribution in [1.82, 2.24) is 0 Å². The Hall–Kier alpha value is -2.83. The van der Waals surface area contributed by atoms with Crippen LogP contribution in [-0.2, 0) is 0 Å². The SMILES string of the molecule is O=Cc1cc(F)cc(Oc2ccc([N+](=O)[O-])cc2F)c1. The third-order valence-electron chi connectivity index (χ3n) is 2.38. The number of carbonyl (C=O) groups excluding carboxylic acids is 1. The molecule has 20 heavy (non-hydrogen) atoms. The molecule has 0 aliphatic heterocycles. The molecule has 0 heterocycles. The summed E-state index contributed by atoms with van der Waals surface area (Å²) >= 11 is 0. The van der Waals surface area contributed by atoms with Crippen LogP contribution in [0.3, 0.4) is 0 Å². The van der Waals surface area contributed by atoms with Crippen LogP contribution in [0.5, 0.6) is 11.5 Å². The van der Waals surface area contributed by atoms with Gasteiger partial charge in [-0.2, -0.15) is 0 Å². The highest BCUT2D eigenvalue weighted by Crippen LogP contribution is 2.28. The minimum Gasteiger partial charge on any atom is -0.454 e. The molecule has 7 heteroatoms. The van der Waals surface area contributed by atoms with Crippen LogP contribution in [-0.4, -0.2) is 11.2 Å². The van der Waals surface area contributed by atoms with Crippen molar-refractivity contribution >= 4 is 12.0 Å². The highest BCUT2D eigenvalue weighted by Gasteiger charge is 2.13. The molecule has 0 aliphatic rings. The summed E-state index contributed by atoms with van der Waals surface area (Å²) in [5.41, 5.74) is -0.398. The van der Waals surface area contributed by atoms with Crippen molar-refractivity contribution in [2.75, 3.05) is 0 Å². The summed E-state index contributed by atoms with van der Waals surface area (Å²) in [6, 6.07) is 5.98. The molecule has 0 bridgehead atoms. The summed E-state index contributed by atoms with van der Waals surface area (Å²) in [5.74, 6) is -2.07. The van der Waals surface area contributed by atoms with Gasteiger partial charge in [-0.05, 0) is 18.2 Å². The number of halogens is 2. The van der Waals surface area contributed by atoms with Crippen molar-refractivity contribution in [1.29, 1.82) is 0 Å². The molecule has 0 aromatic heterocycles. The van der Waals surface area contributed by atoms with E-state index in [4.69, 9.17) is 4.74 Å². The van der Waals surface area contributed by atoms with E-state index in [0.29, 0.717) is 12.4 Å². The average Bonchev–Trinajstić information content (AvgIpc) is 2.40. The van der Waals surface area contributed by atoms with Crippen LogP contribution in [0, 0.1) is 21.7 Å². The molecule has 0 unspecified atom stereocenters. The molecule has 0 aliphatic carbocycles. The standard InChI is InChI=1S/C13H7F2NO4/c14-9-3-8(7-17)4-11(5-9)20-13-2-1-10(16(18)19)6-12(13)15/h1-7H. The summed E-state index contributed by atoms with van der Waals surface area (Å²) in [4.78, 5) is 20.3. The van der Waals surface area contributed by atoms with Crippen LogP contribution in [0.1, 0.15) is 10.4 Å². The number of nitro groups is 1. The second kappa shape index (κ2) is 5.43. The molecule has 0 saturated carbocycles. The summed E-state index contributed by atoms with van der Waals surface area (Å²) in [5, 5.41) is 10.5. The Bertz CT molecular complexity index is 688. The van der Waals surface area contributed by atoms with E-state index < -0.39 is 22.2 Å². The van der Waals surface area contributed by atoms with Crippen LogP contribution < -0.4 is 4.74 Å². The van der Waals surface area contributed by atoms with Crippen molar-refractivity contribution in [2.45, 2.75) is 0 Å². The maximum absolute atomic E-state index is 13.6. The molecule has 5 nitrogen and oxygen atoms in total. The fourth-order valence-corrected chi connectivity index (χ4v) is 1.52. The zero-order valence-corrected chi connectivity index (χ0v) is 9.88. The molecule has 0 N–H and O–H groups in total. The number of hydrogen-bond acceptors (Lipinski definition) is 4. The zero-order chi connectivity index (χ0) is 14.7. The Morgan fingerprint density at radius 2 is 1.90 bits per heavy atom. The lowest BCUT2D eigenvalue weighted by molar-refractivity contribution is -0.385. The number of carbonyl (C=O) groups is 1. The lowest BCUT2D eigenvalue weighted by Gasteiger charge is -2.07. The van der Waals surface area contributed by atoms with Gasteiger partial charge in [0.05, 0.1) is 11.0 Å². The van der Waals surface area contributed by atoms with Gasteiger partial charge in [-0.3, -0.25) is 14.9 Å². The monoisotopic (exact) mass is 279 g/mol. The fourth-order valence-electron chi connectivity index (χ4n) is 1.52. The number of rotatable bonds is 4. The third-order valence-corrected chi connectivity index (χ3v) is 2.38. The molecule has 2 aromatic rings. The number of non-ortho nitro benzene ring substituents is 1. The summed E-state index contributed by atoms with van der Waals surface area (Å²) in [6.45, 7) is 0. The van der Waals surface area contributed by atoms with E-state index in [-0.39, 0.29) is 17.1 Å². The first-order valence-corrected chi connectivity index (χ1v) is 5.37. The molecular weight excluding hydrogens is 272 g/mol. The van der Waals surface area contributed by atoms with Crippen LogP contribution in [0.4, 0.5) is 14.5 Å². The van der Waals surface area contributed by atoms with Gasteiger partial charge >= 0.3 is 0 Å². The van der Waals surface area contributed by atoms with Gasteiger partial charge in [0, 0.05) is 17.7 Å². The van der Waals surface area contributed by atoms with E-state index in [2.05, 4.69) is 0 Å². The predicted molar refractivity (Wildman–Crippen MR) is 64.9 cm³/mol. The van der Waals surface area contributed by atoms with Gasteiger partial charge < -0.3 is 4.74 Å². The van der Waals surface area contributed by atoms with Crippen molar-refractivity contribution in [2.24, 2.45) is 0 Å². The smallest absolute Gasteiger partial charge is 0.272 e. The van der Waals surface area contributed by atoms with Gasteiger partial charge in [-0.1, -0.05) is 0 Å². The molecule has 0 spiro atoms. The van der Waals surface area contributed by atoms with E-state index in [0.717, 1.165) is 24.3 Å². The molecule has 0 atom stereocenters. The van der Waals surface area contributed by atoms with Crippen molar-refractivity contribution in [3.8, 4) is 11.5 Å². The Morgan fingerprint density at radius 3 is 2.50 bits per heavy atom. The summed E-state index contributed by atoms with van der Waals surface area (Å²) < 4.78 is 31.8. The van der Waals surface area contributed by atoms with E-state index >= 15 is 0 Å². The quantitative estimate of drug-likeness (QED) is 0.488. The van der Waals surface area contributed by atoms with Gasteiger partial charge in [0.15, 0.2) is 11.6 Å². The molecule has 0 radical (unpaired) electrons. The minimum absolute atomic E-state index is 0.0299. The number of nitro benzene ring substituents is 1. The third kappa shape index (κ3) is 2.94. The minimum atomic E-state index is -0.962. The second-order valence-corrected chi connectivity index (χ2v) is 3.81. The number of nitrogens with zero attached hydrogens (tertiary/aromatic N) is 1. The first kappa shape index (κ1) is 13.6.